The summed E-state index contributed by atoms with van der Waals surface area (Å²) in [6.07, 6.45) is 3.20. The molecular weight excluding hydrogens is 318 g/mol. The second-order valence-electron chi connectivity index (χ2n) is 5.48. The van der Waals surface area contributed by atoms with Gasteiger partial charge >= 0.3 is 0 Å². The number of para-hydroxylation sites is 1. The Morgan fingerprint density at radius 3 is 2.60 bits per heavy atom. The van der Waals surface area contributed by atoms with Gasteiger partial charge in [0, 0.05) is 23.6 Å². The van der Waals surface area contributed by atoms with Crippen molar-refractivity contribution in [3.63, 3.8) is 0 Å². The van der Waals surface area contributed by atoms with Crippen molar-refractivity contribution < 1.29 is 14.3 Å². The monoisotopic (exact) mass is 333 g/mol. The average Bonchev–Trinajstić information content (AvgIpc) is 3.10. The molecule has 0 spiro atoms. The van der Waals surface area contributed by atoms with Crippen LogP contribution in [0.2, 0.25) is 0 Å². The zero-order chi connectivity index (χ0) is 17.1. The predicted molar refractivity (Wildman–Crippen MR) is 94.5 cm³/mol. The molecule has 1 aliphatic rings. The maximum absolute atomic E-state index is 12.5. The van der Waals surface area contributed by atoms with Crippen LogP contribution >= 0.6 is 0 Å². The van der Waals surface area contributed by atoms with Crippen LogP contribution < -0.4 is 20.1 Å². The minimum absolute atomic E-state index is 0.198. The number of aromatic nitrogens is 1. The maximum Gasteiger partial charge on any atom is 0.257 e. The molecule has 124 valence electrons. The molecule has 0 aliphatic carbocycles. The van der Waals surface area contributed by atoms with Crippen molar-refractivity contribution in [2.75, 3.05) is 17.4 Å². The van der Waals surface area contributed by atoms with Crippen molar-refractivity contribution in [2.45, 2.75) is 0 Å². The maximum atomic E-state index is 12.5. The third-order valence-electron chi connectivity index (χ3n) is 3.69. The number of carbonyl (C=O) groups is 1. The number of hydrogen-bond acceptors (Lipinski definition) is 5. The van der Waals surface area contributed by atoms with Crippen molar-refractivity contribution >= 4 is 23.0 Å². The molecular formula is C19H15N3O3. The van der Waals surface area contributed by atoms with Gasteiger partial charge in [-0.05, 0) is 30.3 Å². The number of pyridine rings is 1. The molecule has 2 aromatic carbocycles. The molecule has 0 unspecified atom stereocenters. The quantitative estimate of drug-likeness (QED) is 0.760. The summed E-state index contributed by atoms with van der Waals surface area (Å²) in [5.41, 5.74) is 2.76. The molecule has 0 radical (unpaired) electrons. The Labute approximate surface area is 144 Å². The highest BCUT2D eigenvalue weighted by atomic mass is 16.7. The van der Waals surface area contributed by atoms with Gasteiger partial charge in [-0.3, -0.25) is 9.78 Å². The fourth-order valence-corrected chi connectivity index (χ4v) is 2.50. The van der Waals surface area contributed by atoms with Gasteiger partial charge in [0.05, 0.1) is 17.4 Å². The molecule has 6 heteroatoms. The Bertz CT molecular complexity index is 913. The first-order valence-electron chi connectivity index (χ1n) is 7.76. The Morgan fingerprint density at radius 1 is 0.880 bits per heavy atom. The van der Waals surface area contributed by atoms with E-state index in [9.17, 15) is 4.79 Å². The van der Waals surface area contributed by atoms with Gasteiger partial charge in [0.15, 0.2) is 11.5 Å². The summed E-state index contributed by atoms with van der Waals surface area (Å²) >= 11 is 0. The lowest BCUT2D eigenvalue weighted by Crippen LogP contribution is -2.12. The molecule has 4 rings (SSSR count). The summed E-state index contributed by atoms with van der Waals surface area (Å²) in [6, 6.07) is 16.7. The molecule has 1 aromatic heterocycles. The standard InChI is InChI=1S/C19H15N3O3/c23-19(22-15-6-7-17-18(9-15)25-12-24-17)13-8-16(11-20-10-13)21-14-4-2-1-3-5-14/h1-11,21H,12H2,(H,22,23). The SMILES string of the molecule is O=C(Nc1ccc2c(c1)OCO2)c1cncc(Nc2ccccc2)c1. The minimum atomic E-state index is -0.247. The van der Waals surface area contributed by atoms with Gasteiger partial charge in [-0.1, -0.05) is 18.2 Å². The lowest BCUT2D eigenvalue weighted by atomic mass is 10.2. The number of amides is 1. The van der Waals surface area contributed by atoms with E-state index in [4.69, 9.17) is 9.47 Å². The van der Waals surface area contributed by atoms with Gasteiger partial charge in [0.25, 0.3) is 5.91 Å². The fraction of sp³-hybridized carbons (Fsp3) is 0.0526. The first kappa shape index (κ1) is 15.0. The molecule has 3 aromatic rings. The number of hydrogen-bond donors (Lipinski definition) is 2. The third-order valence-corrected chi connectivity index (χ3v) is 3.69. The van der Waals surface area contributed by atoms with Crippen LogP contribution in [0.5, 0.6) is 11.5 Å². The van der Waals surface area contributed by atoms with Crippen LogP contribution in [0.4, 0.5) is 17.1 Å². The highest BCUT2D eigenvalue weighted by molar-refractivity contribution is 6.04. The van der Waals surface area contributed by atoms with E-state index in [1.165, 1.54) is 6.20 Å². The second-order valence-corrected chi connectivity index (χ2v) is 5.48. The van der Waals surface area contributed by atoms with Crippen LogP contribution in [0, 0.1) is 0 Å². The molecule has 0 saturated heterocycles. The first-order valence-corrected chi connectivity index (χ1v) is 7.76. The van der Waals surface area contributed by atoms with E-state index in [-0.39, 0.29) is 12.7 Å². The van der Waals surface area contributed by atoms with Crippen LogP contribution in [0.1, 0.15) is 10.4 Å². The molecule has 1 aliphatic heterocycles. The van der Waals surface area contributed by atoms with Gasteiger partial charge in [0.1, 0.15) is 0 Å². The van der Waals surface area contributed by atoms with E-state index in [0.29, 0.717) is 22.7 Å². The highest BCUT2D eigenvalue weighted by Gasteiger charge is 2.15. The van der Waals surface area contributed by atoms with Gasteiger partial charge in [-0.2, -0.15) is 0 Å². The van der Waals surface area contributed by atoms with Crippen LogP contribution in [-0.2, 0) is 0 Å². The van der Waals surface area contributed by atoms with Gasteiger partial charge < -0.3 is 20.1 Å². The molecule has 0 saturated carbocycles. The fourth-order valence-electron chi connectivity index (χ4n) is 2.50. The summed E-state index contributed by atoms with van der Waals surface area (Å²) in [6.45, 7) is 0.198. The van der Waals surface area contributed by atoms with Gasteiger partial charge in [-0.15, -0.1) is 0 Å². The van der Waals surface area contributed by atoms with E-state index in [1.807, 2.05) is 30.3 Å². The normalized spacial score (nSPS) is 11.8. The first-order chi connectivity index (χ1) is 12.3. The van der Waals surface area contributed by atoms with Crippen LogP contribution in [0.25, 0.3) is 0 Å². The Hall–Kier alpha value is -3.54. The molecule has 0 fully saturated rings. The molecule has 25 heavy (non-hydrogen) atoms. The highest BCUT2D eigenvalue weighted by Crippen LogP contribution is 2.34. The summed E-state index contributed by atoms with van der Waals surface area (Å²) < 4.78 is 10.6. The van der Waals surface area contributed by atoms with Crippen molar-refractivity contribution in [3.8, 4) is 11.5 Å². The number of rotatable bonds is 4. The van der Waals surface area contributed by atoms with Crippen molar-refractivity contribution in [2.24, 2.45) is 0 Å². The lowest BCUT2D eigenvalue weighted by molar-refractivity contribution is 0.102. The number of carbonyl (C=O) groups excluding carboxylic acids is 1. The van der Waals surface area contributed by atoms with Crippen molar-refractivity contribution in [1.29, 1.82) is 0 Å². The number of benzene rings is 2. The van der Waals surface area contributed by atoms with E-state index >= 15 is 0 Å². The minimum Gasteiger partial charge on any atom is -0.454 e. The summed E-state index contributed by atoms with van der Waals surface area (Å²) in [4.78, 5) is 16.6. The molecule has 0 bridgehead atoms. The van der Waals surface area contributed by atoms with E-state index in [0.717, 1.165) is 11.4 Å². The Morgan fingerprint density at radius 2 is 1.72 bits per heavy atom. The molecule has 6 nitrogen and oxygen atoms in total. The number of anilines is 3. The average molecular weight is 333 g/mol. The molecule has 2 heterocycles. The van der Waals surface area contributed by atoms with E-state index in [1.54, 1.807) is 30.5 Å². The largest absolute Gasteiger partial charge is 0.454 e. The van der Waals surface area contributed by atoms with Crippen molar-refractivity contribution in [1.82, 2.24) is 4.98 Å². The number of fused-ring (bicyclic) bond motifs is 1. The zero-order valence-corrected chi connectivity index (χ0v) is 13.2. The van der Waals surface area contributed by atoms with Crippen LogP contribution in [-0.4, -0.2) is 17.7 Å². The van der Waals surface area contributed by atoms with Crippen LogP contribution in [0.15, 0.2) is 67.0 Å². The topological polar surface area (TPSA) is 72.5 Å². The number of ether oxygens (including phenoxy) is 2. The summed E-state index contributed by atoms with van der Waals surface area (Å²) in [5.74, 6) is 1.05. The molecule has 0 atom stereocenters. The number of nitrogens with one attached hydrogen (secondary N) is 2. The van der Waals surface area contributed by atoms with E-state index in [2.05, 4.69) is 15.6 Å². The predicted octanol–water partition coefficient (Wildman–Crippen LogP) is 3.81. The Balaban J connectivity index is 1.49. The Kier molecular flexibility index (Phi) is 3.92. The second kappa shape index (κ2) is 6.52. The molecule has 2 N–H and O–H groups in total. The van der Waals surface area contributed by atoms with Gasteiger partial charge in [-0.25, -0.2) is 0 Å². The van der Waals surface area contributed by atoms with E-state index < -0.39 is 0 Å². The smallest absolute Gasteiger partial charge is 0.257 e. The van der Waals surface area contributed by atoms with Gasteiger partial charge in [0.2, 0.25) is 6.79 Å². The van der Waals surface area contributed by atoms with Crippen LogP contribution in [0.3, 0.4) is 0 Å². The zero-order valence-electron chi connectivity index (χ0n) is 13.2. The number of nitrogens with zero attached hydrogens (tertiary/aromatic N) is 1. The lowest BCUT2D eigenvalue weighted by Gasteiger charge is -2.09. The molecule has 1 amide bonds. The third kappa shape index (κ3) is 3.37. The summed E-state index contributed by atoms with van der Waals surface area (Å²) in [5, 5.41) is 6.05. The van der Waals surface area contributed by atoms with Crippen molar-refractivity contribution in [3.05, 3.63) is 72.6 Å². The summed E-state index contributed by atoms with van der Waals surface area (Å²) in [7, 11) is 0.